The van der Waals surface area contributed by atoms with Crippen LogP contribution in [0.4, 0.5) is 5.69 Å². The topological polar surface area (TPSA) is 45.0 Å². The molecule has 3 rings (SSSR count). The van der Waals surface area contributed by atoms with Crippen LogP contribution in [0.5, 0.6) is 0 Å². The fraction of sp³-hybridized carbons (Fsp3) is 0.684. The van der Waals surface area contributed by atoms with E-state index in [0.29, 0.717) is 18.5 Å². The van der Waals surface area contributed by atoms with Gasteiger partial charge in [-0.15, -0.1) is 0 Å². The predicted octanol–water partition coefficient (Wildman–Crippen LogP) is 1.54. The molecule has 0 saturated carbocycles. The van der Waals surface area contributed by atoms with Crippen molar-refractivity contribution in [1.29, 1.82) is 0 Å². The smallest absolute Gasteiger partial charge is 0.0594 e. The minimum atomic E-state index is 0.354. The summed E-state index contributed by atoms with van der Waals surface area (Å²) in [6.07, 6.45) is 0. The quantitative estimate of drug-likeness (QED) is 0.856. The molecule has 5 nitrogen and oxygen atoms in total. The van der Waals surface area contributed by atoms with Crippen LogP contribution in [0.15, 0.2) is 18.2 Å². The summed E-state index contributed by atoms with van der Waals surface area (Å²) >= 11 is 0. The average molecular weight is 332 g/mol. The minimum absolute atomic E-state index is 0.354. The summed E-state index contributed by atoms with van der Waals surface area (Å²) in [6.45, 7) is 10.2. The molecule has 1 saturated heterocycles. The molecule has 1 aromatic rings. The third-order valence-electron chi connectivity index (χ3n) is 5.26. The van der Waals surface area contributed by atoms with Gasteiger partial charge in [-0.1, -0.05) is 13.0 Å². The Morgan fingerprint density at radius 2 is 2.00 bits per heavy atom. The van der Waals surface area contributed by atoms with E-state index in [-0.39, 0.29) is 0 Å². The second-order valence-corrected chi connectivity index (χ2v) is 7.48. The highest BCUT2D eigenvalue weighted by Crippen LogP contribution is 2.35. The number of nitrogens with two attached hydrogens (primary N) is 1. The first kappa shape index (κ1) is 17.7. The zero-order chi connectivity index (χ0) is 17.1. The lowest BCUT2D eigenvalue weighted by Crippen LogP contribution is -2.41. The maximum absolute atomic E-state index is 6.14. The Labute approximate surface area is 146 Å². The number of fused-ring (bicyclic) bond motifs is 1. The van der Waals surface area contributed by atoms with Crippen LogP contribution < -0.4 is 10.6 Å². The summed E-state index contributed by atoms with van der Waals surface area (Å²) in [5.74, 6) is 0.639. The maximum atomic E-state index is 6.14. The molecule has 2 aliphatic heterocycles. The van der Waals surface area contributed by atoms with Crippen LogP contribution in [0, 0.1) is 5.92 Å². The number of anilines is 1. The van der Waals surface area contributed by atoms with Crippen molar-refractivity contribution in [2.75, 3.05) is 64.9 Å². The van der Waals surface area contributed by atoms with Crippen LogP contribution in [0.2, 0.25) is 0 Å². The van der Waals surface area contributed by atoms with Gasteiger partial charge in [0, 0.05) is 65.1 Å². The van der Waals surface area contributed by atoms with Crippen LogP contribution in [-0.2, 0) is 11.3 Å². The van der Waals surface area contributed by atoms with Gasteiger partial charge in [-0.25, -0.2) is 0 Å². The highest BCUT2D eigenvalue weighted by molar-refractivity contribution is 5.52. The van der Waals surface area contributed by atoms with Gasteiger partial charge in [-0.05, 0) is 29.2 Å². The second-order valence-electron chi connectivity index (χ2n) is 7.48. The van der Waals surface area contributed by atoms with Gasteiger partial charge < -0.3 is 15.4 Å². The normalized spacial score (nSPS) is 23.2. The SMILES string of the molecule is CC(CN1CCOCC1)CN1Cc2ccc(N(C)C)cc2C1CN. The van der Waals surface area contributed by atoms with E-state index in [1.54, 1.807) is 0 Å². The number of nitrogens with zero attached hydrogens (tertiary/aromatic N) is 3. The number of morpholine rings is 1. The van der Waals surface area contributed by atoms with E-state index in [0.717, 1.165) is 45.9 Å². The lowest BCUT2D eigenvalue weighted by Gasteiger charge is -2.32. The largest absolute Gasteiger partial charge is 0.379 e. The number of benzene rings is 1. The molecule has 2 aliphatic rings. The molecule has 1 fully saturated rings. The zero-order valence-electron chi connectivity index (χ0n) is 15.4. The molecule has 134 valence electrons. The van der Waals surface area contributed by atoms with Crippen LogP contribution in [0.25, 0.3) is 0 Å². The molecule has 24 heavy (non-hydrogen) atoms. The average Bonchev–Trinajstić information content (AvgIpc) is 2.91. The van der Waals surface area contributed by atoms with Gasteiger partial charge in [0.05, 0.1) is 13.2 Å². The highest BCUT2D eigenvalue weighted by Gasteiger charge is 2.30. The molecule has 0 aromatic heterocycles. The third kappa shape index (κ3) is 3.91. The van der Waals surface area contributed by atoms with Gasteiger partial charge in [0.25, 0.3) is 0 Å². The number of rotatable bonds is 6. The van der Waals surface area contributed by atoms with Crippen LogP contribution in [0.1, 0.15) is 24.1 Å². The molecule has 0 spiro atoms. The Hall–Kier alpha value is -1.14. The standard InChI is InChI=1S/C19H32N4O/c1-15(12-22-6-8-24-9-7-22)13-23-14-16-4-5-17(21(2)3)10-18(16)19(23)11-20/h4-5,10,15,19H,6-9,11-14,20H2,1-3H3. The van der Waals surface area contributed by atoms with Gasteiger partial charge in [0.1, 0.15) is 0 Å². The van der Waals surface area contributed by atoms with E-state index in [2.05, 4.69) is 53.9 Å². The van der Waals surface area contributed by atoms with Crippen molar-refractivity contribution in [3.05, 3.63) is 29.3 Å². The molecular formula is C19H32N4O. The van der Waals surface area contributed by atoms with Gasteiger partial charge in [0.2, 0.25) is 0 Å². The van der Waals surface area contributed by atoms with Crippen LogP contribution in [-0.4, -0.2) is 69.8 Å². The molecular weight excluding hydrogens is 300 g/mol. The molecule has 2 unspecified atom stereocenters. The van der Waals surface area contributed by atoms with Gasteiger partial charge in [-0.3, -0.25) is 9.80 Å². The third-order valence-corrected chi connectivity index (χ3v) is 5.26. The zero-order valence-corrected chi connectivity index (χ0v) is 15.4. The summed E-state index contributed by atoms with van der Waals surface area (Å²) in [5, 5.41) is 0. The first-order valence-corrected chi connectivity index (χ1v) is 9.13. The first-order chi connectivity index (χ1) is 11.6. The summed E-state index contributed by atoms with van der Waals surface area (Å²) in [4.78, 5) is 7.26. The van der Waals surface area contributed by atoms with E-state index in [1.165, 1.54) is 16.8 Å². The fourth-order valence-electron chi connectivity index (χ4n) is 3.99. The molecule has 0 aliphatic carbocycles. The Bertz CT molecular complexity index is 542. The Balaban J connectivity index is 1.63. The Morgan fingerprint density at radius 3 is 2.67 bits per heavy atom. The number of hydrogen-bond donors (Lipinski definition) is 1. The summed E-state index contributed by atoms with van der Waals surface area (Å²) < 4.78 is 5.45. The maximum Gasteiger partial charge on any atom is 0.0594 e. The fourth-order valence-corrected chi connectivity index (χ4v) is 3.99. The van der Waals surface area contributed by atoms with Crippen molar-refractivity contribution in [1.82, 2.24) is 9.80 Å². The Morgan fingerprint density at radius 1 is 1.25 bits per heavy atom. The van der Waals surface area contributed by atoms with Crippen molar-refractivity contribution in [3.8, 4) is 0 Å². The van der Waals surface area contributed by atoms with Gasteiger partial charge in [-0.2, -0.15) is 0 Å². The summed E-state index contributed by atoms with van der Waals surface area (Å²) in [6, 6.07) is 7.17. The van der Waals surface area contributed by atoms with E-state index in [9.17, 15) is 0 Å². The lowest BCUT2D eigenvalue weighted by molar-refractivity contribution is 0.0279. The summed E-state index contributed by atoms with van der Waals surface area (Å²) in [7, 11) is 4.19. The minimum Gasteiger partial charge on any atom is -0.379 e. The van der Waals surface area contributed by atoms with E-state index in [4.69, 9.17) is 10.5 Å². The molecule has 2 N–H and O–H groups in total. The van der Waals surface area contributed by atoms with Crippen molar-refractivity contribution in [2.24, 2.45) is 11.7 Å². The molecule has 2 heterocycles. The molecule has 0 bridgehead atoms. The molecule has 5 heteroatoms. The van der Waals surface area contributed by atoms with Crippen molar-refractivity contribution in [2.45, 2.75) is 19.5 Å². The monoisotopic (exact) mass is 332 g/mol. The van der Waals surface area contributed by atoms with Crippen molar-refractivity contribution >= 4 is 5.69 Å². The molecule has 0 radical (unpaired) electrons. The first-order valence-electron chi connectivity index (χ1n) is 9.13. The Kier molecular flexibility index (Phi) is 5.76. The van der Waals surface area contributed by atoms with E-state index >= 15 is 0 Å². The predicted molar refractivity (Wildman–Crippen MR) is 99.4 cm³/mol. The van der Waals surface area contributed by atoms with Crippen LogP contribution >= 0.6 is 0 Å². The number of ether oxygens (including phenoxy) is 1. The van der Waals surface area contributed by atoms with Gasteiger partial charge in [0.15, 0.2) is 0 Å². The summed E-state index contributed by atoms with van der Waals surface area (Å²) in [5.41, 5.74) is 10.3. The second kappa shape index (κ2) is 7.83. The molecule has 0 amide bonds. The number of hydrogen-bond acceptors (Lipinski definition) is 5. The van der Waals surface area contributed by atoms with Gasteiger partial charge >= 0.3 is 0 Å². The van der Waals surface area contributed by atoms with Crippen molar-refractivity contribution in [3.63, 3.8) is 0 Å². The lowest BCUT2D eigenvalue weighted by atomic mass is 10.0. The van der Waals surface area contributed by atoms with E-state index in [1.807, 2.05) is 0 Å². The molecule has 2 atom stereocenters. The van der Waals surface area contributed by atoms with E-state index < -0.39 is 0 Å². The van der Waals surface area contributed by atoms with Crippen LogP contribution in [0.3, 0.4) is 0 Å². The molecule has 1 aromatic carbocycles. The highest BCUT2D eigenvalue weighted by atomic mass is 16.5. The van der Waals surface area contributed by atoms with Crippen molar-refractivity contribution < 1.29 is 4.74 Å².